The van der Waals surface area contributed by atoms with Crippen LogP contribution >= 0.6 is 11.8 Å². The molecule has 0 radical (unpaired) electrons. The van der Waals surface area contributed by atoms with Crippen LogP contribution in [0.5, 0.6) is 0 Å². The van der Waals surface area contributed by atoms with Crippen LogP contribution in [-0.2, 0) is 5.75 Å². The van der Waals surface area contributed by atoms with Crippen molar-refractivity contribution in [2.24, 2.45) is 0 Å². The highest BCUT2D eigenvalue weighted by atomic mass is 32.2. The summed E-state index contributed by atoms with van der Waals surface area (Å²) in [6, 6.07) is 21.1. The van der Waals surface area contributed by atoms with E-state index in [1.807, 2.05) is 67.8 Å². The van der Waals surface area contributed by atoms with Crippen LogP contribution < -0.4 is 10.6 Å². The number of nitrogens with zero attached hydrogens (tertiary/aromatic N) is 4. The normalized spacial score (nSPS) is 11.6. The number of carbonyl (C=O) groups excluding carboxylic acids is 1. The highest BCUT2D eigenvalue weighted by Gasteiger charge is 2.22. The van der Waals surface area contributed by atoms with Crippen LogP contribution in [0.2, 0.25) is 0 Å². The molecule has 4 rings (SSSR count). The Balaban J connectivity index is 1.59. The first-order valence-electron chi connectivity index (χ1n) is 11.3. The molecule has 9 nitrogen and oxygen atoms in total. The molecule has 2 N–H and O–H groups in total. The van der Waals surface area contributed by atoms with Gasteiger partial charge in [0.15, 0.2) is 11.0 Å². The van der Waals surface area contributed by atoms with E-state index < -0.39 is 11.0 Å². The molecule has 10 heteroatoms. The van der Waals surface area contributed by atoms with Gasteiger partial charge in [0.25, 0.3) is 5.69 Å². The van der Waals surface area contributed by atoms with Gasteiger partial charge >= 0.3 is 6.03 Å². The van der Waals surface area contributed by atoms with E-state index in [0.29, 0.717) is 28.1 Å². The SMILES string of the molecule is Cc1cccc(CSc2nnc(C(C)NC(=O)Nc3cccc(C)c3)n2-c2ccc([N+](=O)[O-])cc2)c1. The van der Waals surface area contributed by atoms with Crippen molar-refractivity contribution in [2.45, 2.75) is 37.7 Å². The molecular weight excluding hydrogens is 476 g/mol. The van der Waals surface area contributed by atoms with Gasteiger partial charge in [0, 0.05) is 29.3 Å². The van der Waals surface area contributed by atoms with Gasteiger partial charge in [0.2, 0.25) is 0 Å². The minimum atomic E-state index is -0.495. The van der Waals surface area contributed by atoms with Crippen LogP contribution in [0.3, 0.4) is 0 Å². The number of nitrogens with one attached hydrogen (secondary N) is 2. The van der Waals surface area contributed by atoms with E-state index in [4.69, 9.17) is 0 Å². The third-order valence-electron chi connectivity index (χ3n) is 5.44. The fourth-order valence-corrected chi connectivity index (χ4v) is 4.62. The van der Waals surface area contributed by atoms with Crippen molar-refractivity contribution >= 4 is 29.2 Å². The Bertz CT molecular complexity index is 1390. The van der Waals surface area contributed by atoms with E-state index in [1.165, 1.54) is 29.5 Å². The first-order chi connectivity index (χ1) is 17.3. The molecule has 184 valence electrons. The Morgan fingerprint density at radius 3 is 2.39 bits per heavy atom. The topological polar surface area (TPSA) is 115 Å². The lowest BCUT2D eigenvalue weighted by Gasteiger charge is -2.17. The molecule has 0 fully saturated rings. The summed E-state index contributed by atoms with van der Waals surface area (Å²) >= 11 is 1.50. The molecule has 1 unspecified atom stereocenters. The number of nitro groups is 1. The fourth-order valence-electron chi connectivity index (χ4n) is 3.72. The molecule has 4 aromatic rings. The number of rotatable bonds is 8. The molecule has 3 aromatic carbocycles. The van der Waals surface area contributed by atoms with Gasteiger partial charge in [-0.15, -0.1) is 10.2 Å². The number of hydrogen-bond acceptors (Lipinski definition) is 6. The average molecular weight is 503 g/mol. The van der Waals surface area contributed by atoms with Crippen LogP contribution in [-0.4, -0.2) is 25.7 Å². The predicted octanol–water partition coefficient (Wildman–Crippen LogP) is 5.97. The van der Waals surface area contributed by atoms with Crippen LogP contribution in [0.25, 0.3) is 5.69 Å². The summed E-state index contributed by atoms with van der Waals surface area (Å²) in [5.74, 6) is 1.18. The lowest BCUT2D eigenvalue weighted by molar-refractivity contribution is -0.384. The summed E-state index contributed by atoms with van der Waals surface area (Å²) in [7, 11) is 0. The molecular formula is C26H26N6O3S. The second-order valence-electron chi connectivity index (χ2n) is 8.42. The third kappa shape index (κ3) is 6.08. The zero-order chi connectivity index (χ0) is 25.7. The maximum absolute atomic E-state index is 12.7. The zero-order valence-corrected chi connectivity index (χ0v) is 21.0. The molecule has 0 saturated carbocycles. The summed E-state index contributed by atoms with van der Waals surface area (Å²) in [6.45, 7) is 5.81. The van der Waals surface area contributed by atoms with Gasteiger partial charge in [-0.05, 0) is 56.2 Å². The van der Waals surface area contributed by atoms with Crippen LogP contribution in [0.15, 0.2) is 78.0 Å². The molecule has 0 saturated heterocycles. The van der Waals surface area contributed by atoms with Crippen LogP contribution in [0, 0.1) is 24.0 Å². The van der Waals surface area contributed by atoms with Gasteiger partial charge in [-0.3, -0.25) is 14.7 Å². The van der Waals surface area contributed by atoms with Crippen molar-refractivity contribution in [2.75, 3.05) is 5.32 Å². The minimum absolute atomic E-state index is 0.00829. The number of aromatic nitrogens is 3. The number of nitro benzene ring substituents is 1. The van der Waals surface area contributed by atoms with Crippen molar-refractivity contribution in [3.05, 3.63) is 105 Å². The van der Waals surface area contributed by atoms with E-state index in [1.54, 1.807) is 12.1 Å². The summed E-state index contributed by atoms with van der Waals surface area (Å²) in [5.41, 5.74) is 4.69. The second-order valence-corrected chi connectivity index (χ2v) is 9.36. The summed E-state index contributed by atoms with van der Waals surface area (Å²) < 4.78 is 1.82. The lowest BCUT2D eigenvalue weighted by Crippen LogP contribution is -2.32. The number of amides is 2. The molecule has 2 amide bonds. The Hall–Kier alpha value is -4.18. The predicted molar refractivity (Wildman–Crippen MR) is 141 cm³/mol. The second kappa shape index (κ2) is 11.0. The zero-order valence-electron chi connectivity index (χ0n) is 20.1. The number of urea groups is 1. The maximum Gasteiger partial charge on any atom is 0.319 e. The molecule has 0 aliphatic heterocycles. The number of thioether (sulfide) groups is 1. The molecule has 0 bridgehead atoms. The molecule has 0 spiro atoms. The fraction of sp³-hybridized carbons (Fsp3) is 0.192. The summed E-state index contributed by atoms with van der Waals surface area (Å²) in [6.07, 6.45) is 0. The molecule has 1 aromatic heterocycles. The lowest BCUT2D eigenvalue weighted by atomic mass is 10.2. The maximum atomic E-state index is 12.7. The van der Waals surface area contributed by atoms with E-state index in [9.17, 15) is 14.9 Å². The molecule has 1 heterocycles. The smallest absolute Gasteiger partial charge is 0.319 e. The largest absolute Gasteiger partial charge is 0.328 e. The van der Waals surface area contributed by atoms with E-state index >= 15 is 0 Å². The van der Waals surface area contributed by atoms with Gasteiger partial charge in [-0.1, -0.05) is 53.7 Å². The number of carbonyl (C=O) groups is 1. The van der Waals surface area contributed by atoms with E-state index in [-0.39, 0.29) is 11.7 Å². The van der Waals surface area contributed by atoms with Gasteiger partial charge in [0.1, 0.15) is 0 Å². The first-order valence-corrected chi connectivity index (χ1v) is 12.3. The molecule has 0 aliphatic rings. The first kappa shape index (κ1) is 24.9. The van der Waals surface area contributed by atoms with Crippen molar-refractivity contribution in [1.29, 1.82) is 0 Å². The Morgan fingerprint density at radius 1 is 1.03 bits per heavy atom. The van der Waals surface area contributed by atoms with Crippen molar-refractivity contribution < 1.29 is 9.72 Å². The Kier molecular flexibility index (Phi) is 7.65. The average Bonchev–Trinajstić information content (AvgIpc) is 3.27. The van der Waals surface area contributed by atoms with Gasteiger partial charge < -0.3 is 10.6 Å². The van der Waals surface area contributed by atoms with Crippen molar-refractivity contribution in [3.8, 4) is 5.69 Å². The van der Waals surface area contributed by atoms with E-state index in [2.05, 4.69) is 26.9 Å². The Morgan fingerprint density at radius 2 is 1.72 bits per heavy atom. The summed E-state index contributed by atoms with van der Waals surface area (Å²) in [5, 5.41) is 26.2. The highest BCUT2D eigenvalue weighted by molar-refractivity contribution is 7.98. The highest BCUT2D eigenvalue weighted by Crippen LogP contribution is 2.28. The summed E-state index contributed by atoms with van der Waals surface area (Å²) in [4.78, 5) is 23.4. The van der Waals surface area contributed by atoms with Gasteiger partial charge in [0.05, 0.1) is 11.0 Å². The third-order valence-corrected chi connectivity index (χ3v) is 6.44. The molecule has 1 atom stereocenters. The van der Waals surface area contributed by atoms with Crippen LogP contribution in [0.1, 0.15) is 35.5 Å². The molecule has 0 aliphatic carbocycles. The number of hydrogen-bond donors (Lipinski definition) is 2. The minimum Gasteiger partial charge on any atom is -0.328 e. The number of benzene rings is 3. The van der Waals surface area contributed by atoms with Crippen molar-refractivity contribution in [3.63, 3.8) is 0 Å². The van der Waals surface area contributed by atoms with Gasteiger partial charge in [-0.25, -0.2) is 4.79 Å². The quantitative estimate of drug-likeness (QED) is 0.174. The molecule has 36 heavy (non-hydrogen) atoms. The monoisotopic (exact) mass is 502 g/mol. The standard InChI is InChI=1S/C26H26N6O3S/c1-17-6-4-8-20(14-17)16-36-26-30-29-24(31(26)22-10-12-23(13-11-22)32(34)35)19(3)27-25(33)28-21-9-5-7-18(2)15-21/h4-15,19H,16H2,1-3H3,(H2,27,28,33). The van der Waals surface area contributed by atoms with Crippen molar-refractivity contribution in [1.82, 2.24) is 20.1 Å². The van der Waals surface area contributed by atoms with E-state index in [0.717, 1.165) is 11.1 Å². The number of aryl methyl sites for hydroxylation is 2. The van der Waals surface area contributed by atoms with Gasteiger partial charge in [-0.2, -0.15) is 0 Å². The number of non-ortho nitro benzene ring substituents is 1. The number of anilines is 1. The Labute approximate surface area is 213 Å². The van der Waals surface area contributed by atoms with Crippen LogP contribution in [0.4, 0.5) is 16.2 Å².